The van der Waals surface area contributed by atoms with Gasteiger partial charge >= 0.3 is 0 Å². The lowest BCUT2D eigenvalue weighted by molar-refractivity contribution is 0.322. The summed E-state index contributed by atoms with van der Waals surface area (Å²) in [5.74, 6) is 0.924. The average molecular weight is 173 g/mol. The fraction of sp³-hybridized carbons (Fsp3) is 1.00. The first-order chi connectivity index (χ1) is 5.35. The van der Waals surface area contributed by atoms with E-state index >= 15 is 0 Å². The van der Waals surface area contributed by atoms with Gasteiger partial charge in [0.2, 0.25) is 0 Å². The molecule has 2 heterocycles. The molecule has 2 fully saturated rings. The molecule has 64 valence electrons. The molecule has 1 N–H and O–H groups in total. The quantitative estimate of drug-likeness (QED) is 0.674. The number of hydrogen-bond acceptors (Lipinski definition) is 3. The van der Waals surface area contributed by atoms with E-state index in [0.29, 0.717) is 11.4 Å². The maximum Gasteiger partial charge on any atom is 0.0521 e. The third-order valence-corrected chi connectivity index (χ3v) is 4.32. The van der Waals surface area contributed by atoms with Crippen molar-refractivity contribution in [3.63, 3.8) is 0 Å². The Hall–Kier alpha value is 0.270. The molecule has 2 aliphatic rings. The molecule has 2 bridgehead atoms. The highest BCUT2D eigenvalue weighted by Gasteiger charge is 2.43. The summed E-state index contributed by atoms with van der Waals surface area (Å²) in [4.78, 5) is 2.53. The summed E-state index contributed by atoms with van der Waals surface area (Å²) in [6, 6.07) is 0. The molecular weight excluding hydrogens is 158 g/mol. The summed E-state index contributed by atoms with van der Waals surface area (Å²) < 4.78 is 0.544. The van der Waals surface area contributed by atoms with Crippen LogP contribution in [0.3, 0.4) is 0 Å². The molecule has 0 saturated carbocycles. The van der Waals surface area contributed by atoms with Crippen molar-refractivity contribution in [1.29, 1.82) is 0 Å². The van der Waals surface area contributed by atoms with E-state index in [4.69, 9.17) is 5.11 Å². The lowest BCUT2D eigenvalue weighted by atomic mass is 10.1. The first-order valence-electron chi connectivity index (χ1n) is 4.32. The van der Waals surface area contributed by atoms with E-state index in [1.807, 2.05) is 11.8 Å². The smallest absolute Gasteiger partial charge is 0.0521 e. The number of nitrogens with zero attached hydrogens (tertiary/aromatic N) is 1. The van der Waals surface area contributed by atoms with Gasteiger partial charge in [-0.2, -0.15) is 11.8 Å². The number of hydrogen-bond donors (Lipinski definition) is 1. The largest absolute Gasteiger partial charge is 0.396 e. The summed E-state index contributed by atoms with van der Waals surface area (Å²) in [7, 11) is 0. The van der Waals surface area contributed by atoms with Crippen molar-refractivity contribution in [2.24, 2.45) is 0 Å². The highest BCUT2D eigenvalue weighted by molar-refractivity contribution is 8.00. The van der Waals surface area contributed by atoms with Gasteiger partial charge in [0.15, 0.2) is 0 Å². The Morgan fingerprint density at radius 1 is 1.36 bits per heavy atom. The van der Waals surface area contributed by atoms with Crippen molar-refractivity contribution in [1.82, 2.24) is 4.90 Å². The number of piperidine rings is 1. The summed E-state index contributed by atoms with van der Waals surface area (Å²) >= 11 is 1.98. The zero-order chi connectivity index (χ0) is 7.73. The summed E-state index contributed by atoms with van der Waals surface area (Å²) in [5.41, 5.74) is 0. The average Bonchev–Trinajstić information content (AvgIpc) is 2.60. The van der Waals surface area contributed by atoms with Crippen LogP contribution in [0.1, 0.15) is 12.8 Å². The number of fused-ring (bicyclic) bond motifs is 2. The molecule has 2 saturated heterocycles. The Morgan fingerprint density at radius 2 is 2.09 bits per heavy atom. The second-order valence-corrected chi connectivity index (χ2v) is 5.09. The normalized spacial score (nSPS) is 41.7. The molecule has 0 atom stereocenters. The topological polar surface area (TPSA) is 23.5 Å². The van der Waals surface area contributed by atoms with Crippen LogP contribution in [0.4, 0.5) is 0 Å². The molecule has 2 aliphatic heterocycles. The SMILES string of the molecule is OCCSC12CCN(CC1)C2. The van der Waals surface area contributed by atoms with Gasteiger partial charge in [0.25, 0.3) is 0 Å². The van der Waals surface area contributed by atoms with E-state index < -0.39 is 0 Å². The summed E-state index contributed by atoms with van der Waals surface area (Å²) in [6.07, 6.45) is 2.69. The lowest BCUT2D eigenvalue weighted by Crippen LogP contribution is -2.23. The summed E-state index contributed by atoms with van der Waals surface area (Å²) in [6.45, 7) is 4.20. The third-order valence-electron chi connectivity index (χ3n) is 2.78. The van der Waals surface area contributed by atoms with Crippen LogP contribution in [0.25, 0.3) is 0 Å². The standard InChI is InChI=1S/C8H15NOS/c10-5-6-11-8-1-3-9(7-8)4-2-8/h10H,1-7H2. The van der Waals surface area contributed by atoms with Gasteiger partial charge in [0, 0.05) is 17.0 Å². The molecule has 3 heteroatoms. The minimum absolute atomic E-state index is 0.340. The van der Waals surface area contributed by atoms with Gasteiger partial charge in [-0.15, -0.1) is 0 Å². The van der Waals surface area contributed by atoms with Crippen molar-refractivity contribution in [2.75, 3.05) is 32.0 Å². The second kappa shape index (κ2) is 2.96. The highest BCUT2D eigenvalue weighted by atomic mass is 32.2. The Labute approximate surface area is 72.0 Å². The number of aliphatic hydroxyl groups excluding tert-OH is 1. The molecule has 0 aromatic heterocycles. The van der Waals surface area contributed by atoms with Crippen LogP contribution in [0.5, 0.6) is 0 Å². The molecule has 0 aromatic carbocycles. The number of thioether (sulfide) groups is 1. The van der Waals surface area contributed by atoms with Crippen molar-refractivity contribution >= 4 is 11.8 Å². The third kappa shape index (κ3) is 1.42. The zero-order valence-corrected chi connectivity index (χ0v) is 7.57. The van der Waals surface area contributed by atoms with Crippen molar-refractivity contribution in [2.45, 2.75) is 17.6 Å². The minimum Gasteiger partial charge on any atom is -0.396 e. The van der Waals surface area contributed by atoms with Gasteiger partial charge in [-0.3, -0.25) is 0 Å². The molecule has 0 unspecified atom stereocenters. The van der Waals surface area contributed by atoms with E-state index in [0.717, 1.165) is 5.75 Å². The van der Waals surface area contributed by atoms with E-state index in [2.05, 4.69) is 4.90 Å². The van der Waals surface area contributed by atoms with Gasteiger partial charge in [0.1, 0.15) is 0 Å². The van der Waals surface area contributed by atoms with Crippen LogP contribution < -0.4 is 0 Å². The van der Waals surface area contributed by atoms with Crippen LogP contribution in [-0.4, -0.2) is 46.7 Å². The Kier molecular flexibility index (Phi) is 2.12. The summed E-state index contributed by atoms with van der Waals surface area (Å²) in [5, 5.41) is 8.72. The van der Waals surface area contributed by atoms with Crippen molar-refractivity contribution in [3.8, 4) is 0 Å². The first-order valence-corrected chi connectivity index (χ1v) is 5.30. The van der Waals surface area contributed by atoms with Crippen LogP contribution in [0, 0.1) is 0 Å². The number of aliphatic hydroxyl groups is 1. The molecule has 2 nitrogen and oxygen atoms in total. The number of rotatable bonds is 3. The van der Waals surface area contributed by atoms with Gasteiger partial charge in [-0.25, -0.2) is 0 Å². The first kappa shape index (κ1) is 7.90. The predicted octanol–water partition coefficient (Wildman–Crippen LogP) is 0.560. The van der Waals surface area contributed by atoms with Crippen molar-refractivity contribution in [3.05, 3.63) is 0 Å². The van der Waals surface area contributed by atoms with E-state index in [1.165, 1.54) is 32.5 Å². The lowest BCUT2D eigenvalue weighted by Gasteiger charge is -2.23. The molecule has 0 spiro atoms. The molecule has 0 aromatic rings. The molecule has 0 radical (unpaired) electrons. The Bertz CT molecular complexity index is 143. The minimum atomic E-state index is 0.340. The molecule has 11 heavy (non-hydrogen) atoms. The van der Waals surface area contributed by atoms with Gasteiger partial charge in [-0.05, 0) is 25.9 Å². The van der Waals surface area contributed by atoms with Gasteiger partial charge in [0.05, 0.1) is 6.61 Å². The highest BCUT2D eigenvalue weighted by Crippen LogP contribution is 2.43. The predicted molar refractivity (Wildman–Crippen MR) is 47.9 cm³/mol. The zero-order valence-electron chi connectivity index (χ0n) is 6.75. The molecule has 2 rings (SSSR count). The fourth-order valence-electron chi connectivity index (χ4n) is 2.14. The van der Waals surface area contributed by atoms with E-state index in [9.17, 15) is 0 Å². The fourth-order valence-corrected chi connectivity index (χ4v) is 3.41. The van der Waals surface area contributed by atoms with Gasteiger partial charge in [-0.1, -0.05) is 0 Å². The molecule has 0 aliphatic carbocycles. The van der Waals surface area contributed by atoms with Crippen LogP contribution in [0.15, 0.2) is 0 Å². The van der Waals surface area contributed by atoms with Crippen LogP contribution in [-0.2, 0) is 0 Å². The Balaban J connectivity index is 1.89. The molecule has 0 amide bonds. The van der Waals surface area contributed by atoms with Crippen molar-refractivity contribution < 1.29 is 5.11 Å². The monoisotopic (exact) mass is 173 g/mol. The maximum absolute atomic E-state index is 8.72. The Morgan fingerprint density at radius 3 is 2.55 bits per heavy atom. The van der Waals surface area contributed by atoms with Crippen LogP contribution in [0.2, 0.25) is 0 Å². The molecular formula is C8H15NOS. The van der Waals surface area contributed by atoms with E-state index in [-0.39, 0.29) is 0 Å². The van der Waals surface area contributed by atoms with E-state index in [1.54, 1.807) is 0 Å². The van der Waals surface area contributed by atoms with Crippen LogP contribution >= 0.6 is 11.8 Å². The maximum atomic E-state index is 8.72. The second-order valence-electron chi connectivity index (χ2n) is 3.53. The van der Waals surface area contributed by atoms with Gasteiger partial charge < -0.3 is 10.0 Å².